The van der Waals surface area contributed by atoms with Crippen molar-refractivity contribution < 1.29 is 23.7 Å². The van der Waals surface area contributed by atoms with Crippen molar-refractivity contribution in [1.82, 2.24) is 0 Å². The zero-order valence-electron chi connectivity index (χ0n) is 18.2. The number of carbonyl (C=O) groups is 1. The third-order valence-corrected chi connectivity index (χ3v) is 5.85. The molecule has 3 aromatic rings. The first-order chi connectivity index (χ1) is 15.6. The summed E-state index contributed by atoms with van der Waals surface area (Å²) in [5.41, 5.74) is 6.12. The van der Waals surface area contributed by atoms with E-state index in [4.69, 9.17) is 18.9 Å². The largest absolute Gasteiger partial charge is 0.493 e. The molecule has 2 heterocycles. The van der Waals surface area contributed by atoms with Gasteiger partial charge in [0, 0.05) is 17.8 Å². The third-order valence-electron chi connectivity index (χ3n) is 5.85. The fourth-order valence-corrected chi connectivity index (χ4v) is 4.36. The lowest BCUT2D eigenvalue weighted by molar-refractivity contribution is -0.136. The predicted molar refractivity (Wildman–Crippen MR) is 121 cm³/mol. The minimum Gasteiger partial charge on any atom is -0.493 e. The number of para-hydroxylation sites is 1. The molecule has 0 atom stereocenters. The molecule has 3 aromatic carbocycles. The molecule has 2 aliphatic rings. The molecular formula is C26H23NO5. The molecule has 0 spiro atoms. The summed E-state index contributed by atoms with van der Waals surface area (Å²) in [7, 11) is 2.99. The van der Waals surface area contributed by atoms with Gasteiger partial charge in [-0.15, -0.1) is 0 Å². The predicted octanol–water partition coefficient (Wildman–Crippen LogP) is 4.68. The maximum Gasteiger partial charge on any atom is 0.355 e. The van der Waals surface area contributed by atoms with E-state index in [2.05, 4.69) is 6.07 Å². The summed E-state index contributed by atoms with van der Waals surface area (Å²) in [4.78, 5) is 15.3. The van der Waals surface area contributed by atoms with E-state index in [1.807, 2.05) is 66.4 Å². The lowest BCUT2D eigenvalue weighted by Crippen LogP contribution is -2.33. The maximum absolute atomic E-state index is 13.2. The highest BCUT2D eigenvalue weighted by atomic mass is 16.7. The fourth-order valence-electron chi connectivity index (χ4n) is 4.36. The van der Waals surface area contributed by atoms with Crippen molar-refractivity contribution in [3.05, 3.63) is 88.6 Å². The van der Waals surface area contributed by atoms with Gasteiger partial charge in [-0.2, -0.15) is 0 Å². The Labute approximate surface area is 186 Å². The second-order valence-corrected chi connectivity index (χ2v) is 7.66. The van der Waals surface area contributed by atoms with Gasteiger partial charge in [0.05, 0.1) is 14.2 Å². The number of benzene rings is 3. The van der Waals surface area contributed by atoms with Gasteiger partial charge in [0.1, 0.15) is 5.70 Å². The second-order valence-electron chi connectivity index (χ2n) is 7.66. The van der Waals surface area contributed by atoms with Crippen molar-refractivity contribution in [2.24, 2.45) is 0 Å². The van der Waals surface area contributed by atoms with Crippen LogP contribution in [0.5, 0.6) is 17.2 Å². The Morgan fingerprint density at radius 2 is 1.78 bits per heavy atom. The van der Waals surface area contributed by atoms with Gasteiger partial charge < -0.3 is 23.8 Å². The summed E-state index contributed by atoms with van der Waals surface area (Å²) in [5.74, 6) is 1.30. The standard InChI is InChI=1S/C26H23NO5/c1-16-8-4-7-11-20(16)27-14-17-9-5-6-10-19(17)23(24(27)26(28)30-3)18-12-21(29-2)25-22(13-18)31-15-32-25/h4-13H,14-15H2,1-3H3. The molecule has 0 bridgehead atoms. The van der Waals surface area contributed by atoms with Gasteiger partial charge in [0.2, 0.25) is 12.5 Å². The zero-order chi connectivity index (χ0) is 22.2. The quantitative estimate of drug-likeness (QED) is 0.561. The van der Waals surface area contributed by atoms with Crippen LogP contribution < -0.4 is 19.1 Å². The van der Waals surface area contributed by atoms with Crippen molar-refractivity contribution in [3.63, 3.8) is 0 Å². The van der Waals surface area contributed by atoms with Crippen LogP contribution in [-0.4, -0.2) is 27.0 Å². The summed E-state index contributed by atoms with van der Waals surface area (Å²) in [6.07, 6.45) is 0. The lowest BCUT2D eigenvalue weighted by Gasteiger charge is -2.35. The zero-order valence-corrected chi connectivity index (χ0v) is 18.2. The summed E-state index contributed by atoms with van der Waals surface area (Å²) < 4.78 is 22.1. The molecular weight excluding hydrogens is 406 g/mol. The SMILES string of the molecule is COC(=O)C1=C(c2cc(OC)c3c(c2)OCO3)c2ccccc2CN1c1ccccc1C. The number of carbonyl (C=O) groups excluding carboxylic acids is 1. The van der Waals surface area contributed by atoms with Crippen LogP contribution in [0.3, 0.4) is 0 Å². The maximum atomic E-state index is 13.2. The van der Waals surface area contributed by atoms with Crippen molar-refractivity contribution in [2.45, 2.75) is 13.5 Å². The summed E-state index contributed by atoms with van der Waals surface area (Å²) in [5, 5.41) is 0. The number of nitrogens with zero attached hydrogens (tertiary/aromatic N) is 1. The van der Waals surface area contributed by atoms with Gasteiger partial charge in [-0.3, -0.25) is 0 Å². The van der Waals surface area contributed by atoms with E-state index in [1.54, 1.807) is 7.11 Å². The molecule has 0 saturated carbocycles. The minimum absolute atomic E-state index is 0.129. The molecule has 5 rings (SSSR count). The van der Waals surface area contributed by atoms with E-state index in [0.29, 0.717) is 29.5 Å². The van der Waals surface area contributed by atoms with E-state index in [0.717, 1.165) is 33.5 Å². The smallest absolute Gasteiger partial charge is 0.355 e. The third kappa shape index (κ3) is 3.15. The summed E-state index contributed by atoms with van der Waals surface area (Å²) in [6.45, 7) is 2.72. The van der Waals surface area contributed by atoms with Crippen LogP contribution in [0.4, 0.5) is 5.69 Å². The normalized spacial score (nSPS) is 14.3. The Kier molecular flexibility index (Phi) is 4.98. The monoisotopic (exact) mass is 429 g/mol. The molecule has 0 aliphatic carbocycles. The highest BCUT2D eigenvalue weighted by molar-refractivity contribution is 6.07. The molecule has 0 N–H and O–H groups in total. The molecule has 0 radical (unpaired) electrons. The first-order valence-corrected chi connectivity index (χ1v) is 10.3. The average molecular weight is 429 g/mol. The van der Waals surface area contributed by atoms with Crippen molar-refractivity contribution in [1.29, 1.82) is 0 Å². The summed E-state index contributed by atoms with van der Waals surface area (Å²) in [6, 6.07) is 19.9. The van der Waals surface area contributed by atoms with Crippen LogP contribution in [-0.2, 0) is 16.1 Å². The molecule has 0 fully saturated rings. The molecule has 32 heavy (non-hydrogen) atoms. The molecule has 0 saturated heterocycles. The van der Waals surface area contributed by atoms with Gasteiger partial charge in [-0.1, -0.05) is 42.5 Å². The van der Waals surface area contributed by atoms with Crippen LogP contribution in [0.25, 0.3) is 5.57 Å². The highest BCUT2D eigenvalue weighted by Gasteiger charge is 2.33. The van der Waals surface area contributed by atoms with Crippen LogP contribution in [0, 0.1) is 6.92 Å². The fraction of sp³-hybridized carbons (Fsp3) is 0.192. The average Bonchev–Trinajstić information content (AvgIpc) is 3.31. The molecule has 0 amide bonds. The topological polar surface area (TPSA) is 57.2 Å². The lowest BCUT2D eigenvalue weighted by atomic mass is 9.87. The molecule has 6 heteroatoms. The number of fused-ring (bicyclic) bond motifs is 2. The molecule has 162 valence electrons. The summed E-state index contributed by atoms with van der Waals surface area (Å²) >= 11 is 0. The number of aryl methyl sites for hydroxylation is 1. The second kappa shape index (κ2) is 7.96. The van der Waals surface area contributed by atoms with Crippen LogP contribution >= 0.6 is 0 Å². The Balaban J connectivity index is 1.83. The molecule has 0 unspecified atom stereocenters. The highest BCUT2D eigenvalue weighted by Crippen LogP contribution is 2.47. The molecule has 6 nitrogen and oxygen atoms in total. The Hall–Kier alpha value is -3.93. The van der Waals surface area contributed by atoms with E-state index >= 15 is 0 Å². The van der Waals surface area contributed by atoms with Crippen molar-refractivity contribution in [3.8, 4) is 17.2 Å². The minimum atomic E-state index is -0.408. The number of esters is 1. The number of hydrogen-bond donors (Lipinski definition) is 0. The van der Waals surface area contributed by atoms with E-state index < -0.39 is 5.97 Å². The van der Waals surface area contributed by atoms with Gasteiger partial charge in [-0.05, 0) is 47.4 Å². The van der Waals surface area contributed by atoms with E-state index in [1.165, 1.54) is 7.11 Å². The first kappa shape index (κ1) is 20.0. The number of hydrogen-bond acceptors (Lipinski definition) is 6. The van der Waals surface area contributed by atoms with Gasteiger partial charge in [0.15, 0.2) is 11.5 Å². The Morgan fingerprint density at radius 3 is 2.56 bits per heavy atom. The van der Waals surface area contributed by atoms with Crippen LogP contribution in [0.1, 0.15) is 22.3 Å². The van der Waals surface area contributed by atoms with E-state index in [9.17, 15) is 4.79 Å². The number of methoxy groups -OCH3 is 2. The van der Waals surface area contributed by atoms with Gasteiger partial charge >= 0.3 is 5.97 Å². The van der Waals surface area contributed by atoms with Crippen LogP contribution in [0.2, 0.25) is 0 Å². The van der Waals surface area contributed by atoms with Crippen molar-refractivity contribution in [2.75, 3.05) is 25.9 Å². The first-order valence-electron chi connectivity index (χ1n) is 10.3. The Bertz CT molecular complexity index is 1250. The number of anilines is 1. The van der Waals surface area contributed by atoms with Gasteiger partial charge in [0.25, 0.3) is 0 Å². The molecule has 2 aliphatic heterocycles. The van der Waals surface area contributed by atoms with E-state index in [-0.39, 0.29) is 6.79 Å². The number of rotatable bonds is 4. The number of ether oxygens (including phenoxy) is 4. The van der Waals surface area contributed by atoms with Gasteiger partial charge in [-0.25, -0.2) is 4.79 Å². The van der Waals surface area contributed by atoms with Crippen molar-refractivity contribution >= 4 is 17.2 Å². The van der Waals surface area contributed by atoms with Crippen LogP contribution in [0.15, 0.2) is 66.4 Å². The molecule has 0 aromatic heterocycles. The Morgan fingerprint density at radius 1 is 1.00 bits per heavy atom.